The molecule has 22 heavy (non-hydrogen) atoms. The first-order chi connectivity index (χ1) is 10.3. The third-order valence-electron chi connectivity index (χ3n) is 3.36. The van der Waals surface area contributed by atoms with Gasteiger partial charge >= 0.3 is 0 Å². The average Bonchev–Trinajstić information content (AvgIpc) is 2.46. The maximum Gasteiger partial charge on any atom is 0.223 e. The van der Waals surface area contributed by atoms with Crippen molar-refractivity contribution in [1.82, 2.24) is 5.32 Å². The molecule has 1 aromatic rings. The molecule has 0 aromatic heterocycles. The minimum atomic E-state index is -3.49. The summed E-state index contributed by atoms with van der Waals surface area (Å²) < 4.78 is 29.6. The first kappa shape index (κ1) is 18.5. The van der Waals surface area contributed by atoms with Gasteiger partial charge in [-0.3, -0.25) is 4.79 Å². The number of nitrogens with one attached hydrogen (secondary N) is 1. The largest absolute Gasteiger partial charge is 0.497 e. The SMILES string of the molecule is COc1ccc(S(=O)(=O)C[C@H](C)C(=O)NCCC(C)C)cc1. The van der Waals surface area contributed by atoms with Crippen LogP contribution in [0.3, 0.4) is 0 Å². The van der Waals surface area contributed by atoms with Gasteiger partial charge in [0, 0.05) is 12.5 Å². The van der Waals surface area contributed by atoms with Crippen molar-refractivity contribution in [3.05, 3.63) is 24.3 Å². The van der Waals surface area contributed by atoms with Crippen LogP contribution in [0.5, 0.6) is 5.75 Å². The normalized spacial score (nSPS) is 13.0. The van der Waals surface area contributed by atoms with Gasteiger partial charge < -0.3 is 10.1 Å². The van der Waals surface area contributed by atoms with E-state index in [1.165, 1.54) is 19.2 Å². The zero-order valence-corrected chi connectivity index (χ0v) is 14.4. The summed E-state index contributed by atoms with van der Waals surface area (Å²) in [6.45, 7) is 6.35. The van der Waals surface area contributed by atoms with Gasteiger partial charge in [-0.15, -0.1) is 0 Å². The van der Waals surface area contributed by atoms with E-state index in [9.17, 15) is 13.2 Å². The molecule has 0 radical (unpaired) electrons. The fourth-order valence-corrected chi connectivity index (χ4v) is 3.50. The van der Waals surface area contributed by atoms with E-state index in [1.54, 1.807) is 19.1 Å². The summed E-state index contributed by atoms with van der Waals surface area (Å²) in [5.74, 6) is 0.0846. The summed E-state index contributed by atoms with van der Waals surface area (Å²) >= 11 is 0. The monoisotopic (exact) mass is 327 g/mol. The fraction of sp³-hybridized carbons (Fsp3) is 0.562. The van der Waals surface area contributed by atoms with Crippen LogP contribution in [-0.4, -0.2) is 33.7 Å². The van der Waals surface area contributed by atoms with Crippen LogP contribution in [0, 0.1) is 11.8 Å². The second-order valence-electron chi connectivity index (χ2n) is 5.83. The Morgan fingerprint density at radius 2 is 1.77 bits per heavy atom. The minimum absolute atomic E-state index is 0.202. The molecule has 0 aliphatic heterocycles. The lowest BCUT2D eigenvalue weighted by atomic mass is 10.1. The van der Waals surface area contributed by atoms with E-state index in [0.717, 1.165) is 6.42 Å². The van der Waals surface area contributed by atoms with Crippen LogP contribution in [0.25, 0.3) is 0 Å². The van der Waals surface area contributed by atoms with Crippen molar-refractivity contribution in [2.24, 2.45) is 11.8 Å². The van der Waals surface area contributed by atoms with Gasteiger partial charge in [-0.1, -0.05) is 20.8 Å². The minimum Gasteiger partial charge on any atom is -0.497 e. The lowest BCUT2D eigenvalue weighted by molar-refractivity contribution is -0.123. The van der Waals surface area contributed by atoms with Crippen molar-refractivity contribution in [2.75, 3.05) is 19.4 Å². The maximum absolute atomic E-state index is 12.3. The van der Waals surface area contributed by atoms with Gasteiger partial charge in [0.2, 0.25) is 5.91 Å². The van der Waals surface area contributed by atoms with Crippen molar-refractivity contribution >= 4 is 15.7 Å². The average molecular weight is 327 g/mol. The van der Waals surface area contributed by atoms with Gasteiger partial charge in [-0.2, -0.15) is 0 Å². The van der Waals surface area contributed by atoms with Crippen molar-refractivity contribution in [1.29, 1.82) is 0 Å². The highest BCUT2D eigenvalue weighted by atomic mass is 32.2. The number of hydrogen-bond acceptors (Lipinski definition) is 4. The third kappa shape index (κ3) is 5.67. The molecule has 0 aliphatic rings. The zero-order valence-electron chi connectivity index (χ0n) is 13.6. The van der Waals surface area contributed by atoms with Gasteiger partial charge in [0.05, 0.1) is 17.8 Å². The molecule has 1 amide bonds. The second kappa shape index (κ2) is 8.17. The molecule has 1 rings (SSSR count). The fourth-order valence-electron chi connectivity index (χ4n) is 1.94. The van der Waals surface area contributed by atoms with Crippen molar-refractivity contribution in [3.8, 4) is 5.75 Å². The van der Waals surface area contributed by atoms with Gasteiger partial charge in [0.1, 0.15) is 5.75 Å². The summed E-state index contributed by atoms with van der Waals surface area (Å²) in [6.07, 6.45) is 0.879. The number of carbonyl (C=O) groups excluding carboxylic acids is 1. The van der Waals surface area contributed by atoms with E-state index in [1.807, 2.05) is 0 Å². The van der Waals surface area contributed by atoms with E-state index in [4.69, 9.17) is 4.74 Å². The Hall–Kier alpha value is -1.56. The van der Waals surface area contributed by atoms with E-state index < -0.39 is 15.8 Å². The second-order valence-corrected chi connectivity index (χ2v) is 7.87. The number of benzene rings is 1. The Morgan fingerprint density at radius 1 is 1.18 bits per heavy atom. The topological polar surface area (TPSA) is 72.5 Å². The van der Waals surface area contributed by atoms with Gasteiger partial charge in [0.15, 0.2) is 9.84 Å². The maximum atomic E-state index is 12.3. The number of carbonyl (C=O) groups is 1. The number of sulfone groups is 1. The lowest BCUT2D eigenvalue weighted by Crippen LogP contribution is -2.34. The highest BCUT2D eigenvalue weighted by molar-refractivity contribution is 7.91. The summed E-state index contributed by atoms with van der Waals surface area (Å²) in [5, 5.41) is 2.78. The van der Waals surface area contributed by atoms with Crippen LogP contribution in [0.15, 0.2) is 29.2 Å². The molecule has 0 heterocycles. The van der Waals surface area contributed by atoms with E-state index >= 15 is 0 Å². The molecule has 1 atom stereocenters. The molecular formula is C16H25NO4S. The number of amides is 1. The van der Waals surface area contributed by atoms with Crippen LogP contribution in [0.1, 0.15) is 27.2 Å². The highest BCUT2D eigenvalue weighted by Gasteiger charge is 2.23. The molecule has 124 valence electrons. The number of rotatable bonds is 8. The molecule has 1 aromatic carbocycles. The summed E-state index contributed by atoms with van der Waals surface area (Å²) in [6, 6.07) is 6.19. The van der Waals surface area contributed by atoms with Crippen LogP contribution >= 0.6 is 0 Å². The van der Waals surface area contributed by atoms with Crippen LogP contribution in [0.4, 0.5) is 0 Å². The van der Waals surface area contributed by atoms with Gasteiger partial charge in [-0.05, 0) is 36.6 Å². The molecular weight excluding hydrogens is 302 g/mol. The Kier molecular flexibility index (Phi) is 6.87. The number of ether oxygens (including phenoxy) is 1. The molecule has 0 fully saturated rings. The van der Waals surface area contributed by atoms with Gasteiger partial charge in [-0.25, -0.2) is 8.42 Å². The van der Waals surface area contributed by atoms with Crippen LogP contribution < -0.4 is 10.1 Å². The standard InChI is InChI=1S/C16H25NO4S/c1-12(2)9-10-17-16(18)13(3)11-22(19,20)15-7-5-14(21-4)6-8-15/h5-8,12-13H,9-11H2,1-4H3,(H,17,18)/t13-/m0/s1. The first-order valence-corrected chi connectivity index (χ1v) is 9.06. The molecule has 0 spiro atoms. The van der Waals surface area contributed by atoms with Crippen LogP contribution in [0.2, 0.25) is 0 Å². The Bertz CT molecular complexity index is 579. The highest BCUT2D eigenvalue weighted by Crippen LogP contribution is 2.18. The Balaban J connectivity index is 2.64. The third-order valence-corrected chi connectivity index (χ3v) is 5.29. The molecule has 5 nitrogen and oxygen atoms in total. The lowest BCUT2D eigenvalue weighted by Gasteiger charge is -2.13. The quantitative estimate of drug-likeness (QED) is 0.795. The predicted molar refractivity (Wildman–Crippen MR) is 86.7 cm³/mol. The van der Waals surface area contributed by atoms with E-state index in [2.05, 4.69) is 19.2 Å². The van der Waals surface area contributed by atoms with Crippen molar-refractivity contribution < 1.29 is 17.9 Å². The smallest absolute Gasteiger partial charge is 0.223 e. The summed E-state index contributed by atoms with van der Waals surface area (Å²) in [7, 11) is -1.97. The summed E-state index contributed by atoms with van der Waals surface area (Å²) in [4.78, 5) is 12.1. The molecule has 0 saturated carbocycles. The molecule has 0 bridgehead atoms. The van der Waals surface area contributed by atoms with E-state index in [0.29, 0.717) is 18.2 Å². The zero-order chi connectivity index (χ0) is 16.8. The van der Waals surface area contributed by atoms with Crippen molar-refractivity contribution in [2.45, 2.75) is 32.1 Å². The first-order valence-electron chi connectivity index (χ1n) is 7.40. The molecule has 0 unspecified atom stereocenters. The van der Waals surface area contributed by atoms with Crippen LogP contribution in [-0.2, 0) is 14.6 Å². The Morgan fingerprint density at radius 3 is 2.27 bits per heavy atom. The number of methoxy groups -OCH3 is 1. The molecule has 1 N–H and O–H groups in total. The van der Waals surface area contributed by atoms with Gasteiger partial charge in [0.25, 0.3) is 0 Å². The molecule has 0 aliphatic carbocycles. The van der Waals surface area contributed by atoms with Crippen molar-refractivity contribution in [3.63, 3.8) is 0 Å². The molecule has 0 saturated heterocycles. The number of hydrogen-bond donors (Lipinski definition) is 1. The molecule has 6 heteroatoms. The summed E-state index contributed by atoms with van der Waals surface area (Å²) in [5.41, 5.74) is 0. The van der Waals surface area contributed by atoms with E-state index in [-0.39, 0.29) is 16.6 Å². The Labute approximate surface area is 133 Å². The predicted octanol–water partition coefficient (Wildman–Crippen LogP) is 2.27.